The normalized spacial score (nSPS) is 25.9. The third-order valence-electron chi connectivity index (χ3n) is 5.01. The Morgan fingerprint density at radius 1 is 1.33 bits per heavy atom. The first-order chi connectivity index (χ1) is 13.0. The third-order valence-corrected chi connectivity index (χ3v) is 5.31. The van der Waals surface area contributed by atoms with Crippen LogP contribution in [0.15, 0.2) is 48.5 Å². The van der Waals surface area contributed by atoms with Crippen LogP contribution in [0.2, 0.25) is 0 Å². The molecule has 140 valence electrons. The van der Waals surface area contributed by atoms with E-state index in [4.69, 9.17) is 21.7 Å². The van der Waals surface area contributed by atoms with E-state index in [1.165, 1.54) is 12.1 Å². The molecule has 0 aromatic heterocycles. The first-order valence-electron chi connectivity index (χ1n) is 8.76. The van der Waals surface area contributed by atoms with E-state index in [1.54, 1.807) is 30.9 Å². The molecule has 1 saturated heterocycles. The number of carbonyl (C=O) groups excluding carboxylic acids is 1. The van der Waals surface area contributed by atoms with Gasteiger partial charge in [-0.2, -0.15) is 0 Å². The Hall–Kier alpha value is -2.67. The van der Waals surface area contributed by atoms with Gasteiger partial charge in [0.15, 0.2) is 5.11 Å². The summed E-state index contributed by atoms with van der Waals surface area (Å²) in [4.78, 5) is 14.5. The molecule has 2 heterocycles. The van der Waals surface area contributed by atoms with E-state index in [0.29, 0.717) is 16.5 Å². The first-order valence-corrected chi connectivity index (χ1v) is 9.17. The van der Waals surface area contributed by atoms with E-state index < -0.39 is 29.5 Å². The Morgan fingerprint density at radius 3 is 2.85 bits per heavy atom. The molecule has 3 unspecified atom stereocenters. The molecule has 5 nitrogen and oxygen atoms in total. The van der Waals surface area contributed by atoms with Gasteiger partial charge in [0.1, 0.15) is 17.5 Å². The second-order valence-electron chi connectivity index (χ2n) is 6.67. The van der Waals surface area contributed by atoms with Crippen LogP contribution in [0.4, 0.5) is 10.1 Å². The van der Waals surface area contributed by atoms with Gasteiger partial charge in [0.25, 0.3) is 0 Å². The van der Waals surface area contributed by atoms with Crippen molar-refractivity contribution < 1.29 is 18.7 Å². The minimum atomic E-state index is -1.17. The molecule has 2 aromatic rings. The summed E-state index contributed by atoms with van der Waals surface area (Å²) in [5.41, 5.74) is 0.179. The summed E-state index contributed by atoms with van der Waals surface area (Å²) in [6.45, 7) is 3.80. The van der Waals surface area contributed by atoms with Crippen LogP contribution in [0, 0.1) is 11.7 Å². The number of ether oxygens (including phenoxy) is 2. The van der Waals surface area contributed by atoms with Crippen LogP contribution < -0.4 is 15.0 Å². The quantitative estimate of drug-likeness (QED) is 0.643. The number of thiocarbonyl (C=S) groups is 1. The molecule has 0 saturated carbocycles. The molecule has 3 atom stereocenters. The van der Waals surface area contributed by atoms with E-state index in [0.717, 1.165) is 5.56 Å². The zero-order chi connectivity index (χ0) is 19.2. The number of rotatable bonds is 3. The van der Waals surface area contributed by atoms with E-state index in [1.807, 2.05) is 24.3 Å². The van der Waals surface area contributed by atoms with Gasteiger partial charge in [-0.1, -0.05) is 24.3 Å². The number of halogens is 1. The van der Waals surface area contributed by atoms with Gasteiger partial charge in [-0.25, -0.2) is 4.39 Å². The van der Waals surface area contributed by atoms with Crippen molar-refractivity contribution in [3.8, 4) is 5.75 Å². The summed E-state index contributed by atoms with van der Waals surface area (Å²) in [5.74, 6) is -0.829. The van der Waals surface area contributed by atoms with Gasteiger partial charge in [0.2, 0.25) is 5.72 Å². The molecule has 2 aromatic carbocycles. The molecule has 2 aliphatic heterocycles. The molecular weight excluding hydrogens is 367 g/mol. The average Bonchev–Trinajstić information content (AvgIpc) is 2.61. The van der Waals surface area contributed by atoms with Gasteiger partial charge < -0.3 is 14.8 Å². The van der Waals surface area contributed by atoms with Crippen LogP contribution >= 0.6 is 12.2 Å². The number of nitrogens with one attached hydrogen (secondary N) is 1. The molecule has 2 aliphatic rings. The van der Waals surface area contributed by atoms with Gasteiger partial charge in [-0.3, -0.25) is 9.69 Å². The van der Waals surface area contributed by atoms with Crippen molar-refractivity contribution in [2.24, 2.45) is 5.92 Å². The molecular formula is C20H19FN2O3S. The SMILES string of the molecule is CCOC(=O)C1C2NC(=S)N(c3cccc(F)c3)C1(C)Oc1ccccc12. The molecule has 1 N–H and O–H groups in total. The molecule has 1 fully saturated rings. The summed E-state index contributed by atoms with van der Waals surface area (Å²) in [6, 6.07) is 13.2. The monoisotopic (exact) mass is 386 g/mol. The second-order valence-corrected chi connectivity index (χ2v) is 7.05. The lowest BCUT2D eigenvalue weighted by atomic mass is 9.79. The number of anilines is 1. The van der Waals surface area contributed by atoms with Crippen molar-refractivity contribution in [2.45, 2.75) is 25.6 Å². The molecule has 0 spiro atoms. The van der Waals surface area contributed by atoms with E-state index >= 15 is 0 Å². The number of nitrogens with zero attached hydrogens (tertiary/aromatic N) is 1. The first kappa shape index (κ1) is 17.7. The Bertz CT molecular complexity index is 922. The lowest BCUT2D eigenvalue weighted by molar-refractivity contribution is -0.159. The van der Waals surface area contributed by atoms with Crippen LogP contribution in [-0.2, 0) is 9.53 Å². The highest BCUT2D eigenvalue weighted by atomic mass is 32.1. The Morgan fingerprint density at radius 2 is 2.11 bits per heavy atom. The van der Waals surface area contributed by atoms with Crippen LogP contribution in [0.5, 0.6) is 5.75 Å². The number of fused-ring (bicyclic) bond motifs is 4. The van der Waals surface area contributed by atoms with Crippen LogP contribution in [0.25, 0.3) is 0 Å². The number of benzene rings is 2. The van der Waals surface area contributed by atoms with Gasteiger partial charge in [0.05, 0.1) is 12.6 Å². The topological polar surface area (TPSA) is 50.8 Å². The Labute approximate surface area is 162 Å². The summed E-state index contributed by atoms with van der Waals surface area (Å²) in [6.07, 6.45) is 0. The molecule has 0 radical (unpaired) electrons. The second kappa shape index (κ2) is 6.49. The fourth-order valence-corrected chi connectivity index (χ4v) is 4.34. The van der Waals surface area contributed by atoms with E-state index in [-0.39, 0.29) is 6.61 Å². The Kier molecular flexibility index (Phi) is 4.26. The number of esters is 1. The molecule has 0 amide bonds. The van der Waals surface area contributed by atoms with Crippen molar-refractivity contribution in [1.29, 1.82) is 0 Å². The molecule has 2 bridgehead atoms. The summed E-state index contributed by atoms with van der Waals surface area (Å²) in [5, 5.41) is 3.60. The maximum atomic E-state index is 13.9. The maximum absolute atomic E-state index is 13.9. The molecule has 0 aliphatic carbocycles. The minimum absolute atomic E-state index is 0.254. The Balaban J connectivity index is 1.89. The van der Waals surface area contributed by atoms with E-state index in [2.05, 4.69) is 5.32 Å². The lowest BCUT2D eigenvalue weighted by Crippen LogP contribution is -2.71. The molecule has 27 heavy (non-hydrogen) atoms. The van der Waals surface area contributed by atoms with Crippen LogP contribution in [-0.4, -0.2) is 23.4 Å². The third kappa shape index (κ3) is 2.73. The zero-order valence-electron chi connectivity index (χ0n) is 14.9. The number of para-hydroxylation sites is 1. The highest BCUT2D eigenvalue weighted by Crippen LogP contribution is 2.49. The van der Waals surface area contributed by atoms with Crippen molar-refractivity contribution in [2.75, 3.05) is 11.5 Å². The van der Waals surface area contributed by atoms with Gasteiger partial charge in [0, 0.05) is 11.3 Å². The van der Waals surface area contributed by atoms with Crippen LogP contribution in [0.1, 0.15) is 25.5 Å². The highest BCUT2D eigenvalue weighted by molar-refractivity contribution is 7.80. The van der Waals surface area contributed by atoms with Gasteiger partial charge >= 0.3 is 5.97 Å². The number of carbonyl (C=O) groups is 1. The van der Waals surface area contributed by atoms with Crippen molar-refractivity contribution >= 4 is 29.0 Å². The number of hydrogen-bond donors (Lipinski definition) is 1. The lowest BCUT2D eigenvalue weighted by Gasteiger charge is -2.55. The fourth-order valence-electron chi connectivity index (χ4n) is 3.93. The minimum Gasteiger partial charge on any atom is -0.466 e. The van der Waals surface area contributed by atoms with Gasteiger partial charge in [-0.15, -0.1) is 0 Å². The van der Waals surface area contributed by atoms with Gasteiger partial charge in [-0.05, 0) is 50.3 Å². The predicted molar refractivity (Wildman–Crippen MR) is 103 cm³/mol. The van der Waals surface area contributed by atoms with E-state index in [9.17, 15) is 9.18 Å². The van der Waals surface area contributed by atoms with Crippen molar-refractivity contribution in [3.05, 3.63) is 59.9 Å². The molecule has 7 heteroatoms. The predicted octanol–water partition coefficient (Wildman–Crippen LogP) is 3.55. The van der Waals surface area contributed by atoms with Crippen molar-refractivity contribution in [3.63, 3.8) is 0 Å². The summed E-state index contributed by atoms with van der Waals surface area (Å²) < 4.78 is 25.5. The largest absolute Gasteiger partial charge is 0.466 e. The summed E-state index contributed by atoms with van der Waals surface area (Å²) in [7, 11) is 0. The standard InChI is InChI=1S/C20H19FN2O3S/c1-3-25-18(24)16-17-14-9-4-5-10-15(14)26-20(16,2)23(19(27)22-17)13-8-6-7-12(21)11-13/h4-11,16-17H,3H2,1-2H3,(H,22,27). The van der Waals surface area contributed by atoms with Crippen molar-refractivity contribution in [1.82, 2.24) is 5.32 Å². The average molecular weight is 386 g/mol. The maximum Gasteiger partial charge on any atom is 0.317 e. The summed E-state index contributed by atoms with van der Waals surface area (Å²) >= 11 is 5.57. The fraction of sp³-hybridized carbons (Fsp3) is 0.300. The molecule has 4 rings (SSSR count). The smallest absolute Gasteiger partial charge is 0.317 e. The zero-order valence-corrected chi connectivity index (χ0v) is 15.8. The van der Waals surface area contributed by atoms with Crippen LogP contribution in [0.3, 0.4) is 0 Å². The highest BCUT2D eigenvalue weighted by Gasteiger charge is 2.59. The number of hydrogen-bond acceptors (Lipinski definition) is 4.